The zero-order valence-electron chi connectivity index (χ0n) is 19.6. The van der Waals surface area contributed by atoms with E-state index in [1.807, 2.05) is 24.3 Å². The average molecular weight is 487 g/mol. The third-order valence-corrected chi connectivity index (χ3v) is 6.86. The van der Waals surface area contributed by atoms with E-state index in [4.69, 9.17) is 0 Å². The molecule has 2 bridgehead atoms. The van der Waals surface area contributed by atoms with Crippen molar-refractivity contribution in [2.45, 2.75) is 25.4 Å². The Labute approximate surface area is 207 Å². The number of nitrogens with zero attached hydrogens (tertiary/aromatic N) is 3. The van der Waals surface area contributed by atoms with Crippen molar-refractivity contribution in [2.75, 3.05) is 19.6 Å². The molecule has 0 spiro atoms. The number of hydrogen-bond acceptors (Lipinski definition) is 4. The van der Waals surface area contributed by atoms with Crippen LogP contribution in [0.2, 0.25) is 0 Å². The maximum absolute atomic E-state index is 13.5. The summed E-state index contributed by atoms with van der Waals surface area (Å²) < 4.78 is 2.13. The average Bonchev–Trinajstić information content (AvgIpc) is 3.20. The normalized spacial score (nSPS) is 16.7. The van der Waals surface area contributed by atoms with Crippen LogP contribution in [-0.2, 0) is 22.7 Å². The van der Waals surface area contributed by atoms with Gasteiger partial charge in [-0.25, -0.2) is 9.59 Å². The van der Waals surface area contributed by atoms with E-state index in [-0.39, 0.29) is 30.0 Å². The fourth-order valence-electron chi connectivity index (χ4n) is 5.14. The molecule has 4 amide bonds. The van der Waals surface area contributed by atoms with Gasteiger partial charge < -0.3 is 19.9 Å². The number of carboxylic acids is 1. The van der Waals surface area contributed by atoms with Crippen LogP contribution in [0.1, 0.15) is 39.5 Å². The first kappa shape index (κ1) is 23.3. The van der Waals surface area contributed by atoms with Gasteiger partial charge in [0.1, 0.15) is 0 Å². The van der Waals surface area contributed by atoms with Gasteiger partial charge in [0, 0.05) is 42.8 Å². The first-order chi connectivity index (χ1) is 17.4. The van der Waals surface area contributed by atoms with Crippen molar-refractivity contribution in [3.05, 3.63) is 83.6 Å². The van der Waals surface area contributed by atoms with E-state index in [1.54, 1.807) is 29.2 Å². The van der Waals surface area contributed by atoms with Gasteiger partial charge in [0.2, 0.25) is 11.8 Å². The van der Waals surface area contributed by atoms with Gasteiger partial charge in [-0.3, -0.25) is 14.5 Å². The fourth-order valence-corrected chi connectivity index (χ4v) is 5.14. The molecule has 1 aromatic heterocycles. The molecule has 0 saturated carbocycles. The van der Waals surface area contributed by atoms with E-state index in [9.17, 15) is 24.3 Å². The fraction of sp³-hybridized carbons (Fsp3) is 0.259. The predicted molar refractivity (Wildman–Crippen MR) is 133 cm³/mol. The zero-order chi connectivity index (χ0) is 25.4. The molecule has 5 rings (SSSR count). The second kappa shape index (κ2) is 9.33. The van der Waals surface area contributed by atoms with E-state index in [0.29, 0.717) is 32.6 Å². The van der Waals surface area contributed by atoms with Crippen molar-refractivity contribution < 1.29 is 24.3 Å². The summed E-state index contributed by atoms with van der Waals surface area (Å²) in [5.41, 5.74) is 3.99. The van der Waals surface area contributed by atoms with Gasteiger partial charge in [-0.1, -0.05) is 36.9 Å². The Morgan fingerprint density at radius 3 is 2.58 bits per heavy atom. The SMILES string of the molecule is C=CC(=O)NCCCN1C(=O)C2CN(Cc3c2c2ccccc2n3Cc2ccc(C(=O)O)cc2)C1=O. The molecule has 36 heavy (non-hydrogen) atoms. The van der Waals surface area contributed by atoms with Crippen molar-refractivity contribution in [2.24, 2.45) is 0 Å². The highest BCUT2D eigenvalue weighted by Crippen LogP contribution is 2.41. The van der Waals surface area contributed by atoms with Gasteiger partial charge in [0.25, 0.3) is 0 Å². The molecule has 0 aliphatic carbocycles. The number of urea groups is 1. The molecule has 3 heterocycles. The lowest BCUT2D eigenvalue weighted by Crippen LogP contribution is -2.58. The van der Waals surface area contributed by atoms with Crippen LogP contribution in [0.3, 0.4) is 0 Å². The van der Waals surface area contributed by atoms with Crippen LogP contribution in [0.4, 0.5) is 4.79 Å². The van der Waals surface area contributed by atoms with Crippen molar-refractivity contribution in [1.29, 1.82) is 0 Å². The lowest BCUT2D eigenvalue weighted by Gasteiger charge is -2.42. The Bertz CT molecular complexity index is 1390. The smallest absolute Gasteiger partial charge is 0.335 e. The van der Waals surface area contributed by atoms with Gasteiger partial charge in [0.05, 0.1) is 18.0 Å². The highest BCUT2D eigenvalue weighted by molar-refractivity contribution is 6.04. The topological polar surface area (TPSA) is 112 Å². The summed E-state index contributed by atoms with van der Waals surface area (Å²) >= 11 is 0. The van der Waals surface area contributed by atoms with Gasteiger partial charge in [-0.05, 0) is 41.8 Å². The minimum absolute atomic E-state index is 0.221. The Morgan fingerprint density at radius 2 is 1.86 bits per heavy atom. The lowest BCUT2D eigenvalue weighted by atomic mass is 9.89. The number of imide groups is 1. The van der Waals surface area contributed by atoms with Gasteiger partial charge in [0.15, 0.2) is 0 Å². The molecule has 9 heteroatoms. The third kappa shape index (κ3) is 4.02. The van der Waals surface area contributed by atoms with Crippen molar-refractivity contribution >= 4 is 34.7 Å². The molecule has 184 valence electrons. The second-order valence-corrected chi connectivity index (χ2v) is 9.02. The van der Waals surface area contributed by atoms with E-state index in [0.717, 1.165) is 27.7 Å². The maximum atomic E-state index is 13.5. The molecule has 0 radical (unpaired) electrons. The number of aromatic nitrogens is 1. The molecule has 3 aromatic rings. The molecule has 2 aromatic carbocycles. The molecule has 1 saturated heterocycles. The number of benzene rings is 2. The molecular formula is C27H26N4O5. The Morgan fingerprint density at radius 1 is 1.11 bits per heavy atom. The number of hydrogen-bond donors (Lipinski definition) is 2. The second-order valence-electron chi connectivity index (χ2n) is 9.02. The third-order valence-electron chi connectivity index (χ3n) is 6.86. The van der Waals surface area contributed by atoms with Crippen LogP contribution in [0.5, 0.6) is 0 Å². The first-order valence-electron chi connectivity index (χ1n) is 11.8. The van der Waals surface area contributed by atoms with Crippen LogP contribution in [0.25, 0.3) is 10.9 Å². The molecule has 2 N–H and O–H groups in total. The van der Waals surface area contributed by atoms with Crippen molar-refractivity contribution in [1.82, 2.24) is 19.7 Å². The van der Waals surface area contributed by atoms with Crippen LogP contribution in [0, 0.1) is 0 Å². The molecule has 1 fully saturated rings. The maximum Gasteiger partial charge on any atom is 0.335 e. The minimum Gasteiger partial charge on any atom is -0.478 e. The Kier molecular flexibility index (Phi) is 6.05. The van der Waals surface area contributed by atoms with Gasteiger partial charge in [-0.15, -0.1) is 0 Å². The van der Waals surface area contributed by atoms with Crippen LogP contribution in [-0.4, -0.2) is 62.9 Å². The van der Waals surface area contributed by atoms with Gasteiger partial charge in [-0.2, -0.15) is 0 Å². The summed E-state index contributed by atoms with van der Waals surface area (Å²) in [5, 5.41) is 12.9. The van der Waals surface area contributed by atoms with Crippen molar-refractivity contribution in [3.8, 4) is 0 Å². The summed E-state index contributed by atoms with van der Waals surface area (Å²) in [5.74, 6) is -1.95. The highest BCUT2D eigenvalue weighted by Gasteiger charge is 2.45. The van der Waals surface area contributed by atoms with E-state index in [1.165, 1.54) is 11.0 Å². The number of rotatable bonds is 8. The number of carbonyl (C=O) groups excluding carboxylic acids is 3. The molecule has 2 aliphatic rings. The number of carbonyl (C=O) groups is 4. The first-order valence-corrected chi connectivity index (χ1v) is 11.8. The lowest BCUT2D eigenvalue weighted by molar-refractivity contribution is -0.133. The minimum atomic E-state index is -0.976. The molecule has 2 aliphatic heterocycles. The zero-order valence-corrected chi connectivity index (χ0v) is 19.6. The number of carboxylic acid groups (broad SMARTS) is 1. The van der Waals surface area contributed by atoms with Crippen LogP contribution >= 0.6 is 0 Å². The molecule has 1 unspecified atom stereocenters. The van der Waals surface area contributed by atoms with E-state index in [2.05, 4.69) is 16.5 Å². The summed E-state index contributed by atoms with van der Waals surface area (Å²) in [6.07, 6.45) is 1.64. The quantitative estimate of drug-likeness (QED) is 0.376. The monoisotopic (exact) mass is 486 g/mol. The Balaban J connectivity index is 1.46. The number of fused-ring (bicyclic) bond motifs is 6. The molecule has 1 atom stereocenters. The van der Waals surface area contributed by atoms with E-state index < -0.39 is 11.9 Å². The summed E-state index contributed by atoms with van der Waals surface area (Å²) in [4.78, 5) is 52.3. The Hall–Kier alpha value is -4.40. The van der Waals surface area contributed by atoms with Crippen molar-refractivity contribution in [3.63, 3.8) is 0 Å². The largest absolute Gasteiger partial charge is 0.478 e. The number of aromatic carboxylic acids is 1. The molecular weight excluding hydrogens is 460 g/mol. The summed E-state index contributed by atoms with van der Waals surface area (Å²) in [6.45, 7) is 5.20. The molecule has 9 nitrogen and oxygen atoms in total. The summed E-state index contributed by atoms with van der Waals surface area (Å²) in [7, 11) is 0. The van der Waals surface area contributed by atoms with E-state index >= 15 is 0 Å². The predicted octanol–water partition coefficient (Wildman–Crippen LogP) is 2.94. The highest BCUT2D eigenvalue weighted by atomic mass is 16.4. The standard InChI is InChI=1S/C27H26N4O5/c1-2-23(32)28-12-5-13-30-25(33)20-15-29(27(30)36)16-22-24(20)19-6-3-4-7-21(19)31(22)14-17-8-10-18(11-9-17)26(34)35/h2-4,6-11,20H,1,5,12-16H2,(H,28,32)(H,34,35). The number of para-hydroxylation sites is 1. The summed E-state index contributed by atoms with van der Waals surface area (Å²) in [6, 6.07) is 14.3. The van der Waals surface area contributed by atoms with Crippen LogP contribution in [0.15, 0.2) is 61.2 Å². The van der Waals surface area contributed by atoms with Gasteiger partial charge >= 0.3 is 12.0 Å². The number of nitrogens with one attached hydrogen (secondary N) is 1. The van der Waals surface area contributed by atoms with Crippen LogP contribution < -0.4 is 5.32 Å². The number of amides is 4.